The minimum atomic E-state index is 0.154. The van der Waals surface area contributed by atoms with Crippen LogP contribution in [0.1, 0.15) is 43.7 Å². The average Bonchev–Trinajstić information content (AvgIpc) is 2.86. The van der Waals surface area contributed by atoms with E-state index in [-0.39, 0.29) is 12.1 Å². The highest BCUT2D eigenvalue weighted by atomic mass is 16.5. The van der Waals surface area contributed by atoms with Gasteiger partial charge in [-0.3, -0.25) is 0 Å². The Hall–Kier alpha value is -0.840. The van der Waals surface area contributed by atoms with Gasteiger partial charge in [-0.2, -0.15) is 0 Å². The summed E-state index contributed by atoms with van der Waals surface area (Å²) in [5, 5.41) is 3.46. The number of likely N-dealkylation sites (N-methyl/N-ethyl adjacent to an activating group) is 1. The van der Waals surface area contributed by atoms with Crippen LogP contribution in [0.3, 0.4) is 0 Å². The Morgan fingerprint density at radius 1 is 1.44 bits per heavy atom. The summed E-state index contributed by atoms with van der Waals surface area (Å²) < 4.78 is 16.8. The Labute approximate surface area is 109 Å². The zero-order valence-electron chi connectivity index (χ0n) is 11.3. The number of methoxy groups -OCH3 is 1. The molecule has 1 fully saturated rings. The Kier molecular flexibility index (Phi) is 5.23. The molecule has 0 amide bonds. The van der Waals surface area contributed by atoms with Crippen LogP contribution in [-0.4, -0.2) is 26.4 Å². The van der Waals surface area contributed by atoms with Gasteiger partial charge in [0.05, 0.1) is 12.1 Å². The molecule has 0 spiro atoms. The number of nitrogens with one attached hydrogen (secondary N) is 1. The molecule has 2 heterocycles. The molecule has 102 valence electrons. The lowest BCUT2D eigenvalue weighted by Crippen LogP contribution is -2.35. The Morgan fingerprint density at radius 2 is 2.33 bits per heavy atom. The van der Waals surface area contributed by atoms with Crippen LogP contribution in [0.2, 0.25) is 0 Å². The van der Waals surface area contributed by atoms with E-state index in [0.29, 0.717) is 6.61 Å². The van der Waals surface area contributed by atoms with Gasteiger partial charge in [-0.15, -0.1) is 0 Å². The molecule has 1 aromatic rings. The van der Waals surface area contributed by atoms with E-state index in [4.69, 9.17) is 13.9 Å². The molecule has 2 unspecified atom stereocenters. The van der Waals surface area contributed by atoms with Gasteiger partial charge in [0.2, 0.25) is 0 Å². The lowest BCUT2D eigenvalue weighted by Gasteiger charge is -2.29. The van der Waals surface area contributed by atoms with Crippen LogP contribution < -0.4 is 5.32 Å². The molecule has 18 heavy (non-hydrogen) atoms. The topological polar surface area (TPSA) is 43.6 Å². The van der Waals surface area contributed by atoms with Gasteiger partial charge < -0.3 is 19.2 Å². The molecule has 0 aromatic carbocycles. The van der Waals surface area contributed by atoms with E-state index in [1.165, 1.54) is 12.8 Å². The number of rotatable bonds is 6. The van der Waals surface area contributed by atoms with Crippen LogP contribution >= 0.6 is 0 Å². The van der Waals surface area contributed by atoms with E-state index in [1.807, 2.05) is 12.1 Å². The third-order valence-corrected chi connectivity index (χ3v) is 3.29. The largest absolute Gasteiger partial charge is 0.462 e. The molecule has 0 radical (unpaired) electrons. The van der Waals surface area contributed by atoms with Gasteiger partial charge in [0.15, 0.2) is 0 Å². The van der Waals surface area contributed by atoms with E-state index in [0.717, 1.165) is 31.1 Å². The summed E-state index contributed by atoms with van der Waals surface area (Å²) in [4.78, 5) is 0. The van der Waals surface area contributed by atoms with Crippen LogP contribution in [0.4, 0.5) is 0 Å². The van der Waals surface area contributed by atoms with Crippen molar-refractivity contribution < 1.29 is 13.9 Å². The monoisotopic (exact) mass is 253 g/mol. The summed E-state index contributed by atoms with van der Waals surface area (Å²) in [6.07, 6.45) is 3.72. The van der Waals surface area contributed by atoms with Gasteiger partial charge in [0.25, 0.3) is 0 Å². The fourth-order valence-corrected chi connectivity index (χ4v) is 2.45. The predicted octanol–water partition coefficient (Wildman–Crippen LogP) is 2.65. The molecule has 4 nitrogen and oxygen atoms in total. The van der Waals surface area contributed by atoms with Gasteiger partial charge in [0, 0.05) is 13.7 Å². The molecule has 0 saturated carbocycles. The van der Waals surface area contributed by atoms with Crippen molar-refractivity contribution in [1.82, 2.24) is 5.32 Å². The van der Waals surface area contributed by atoms with E-state index in [1.54, 1.807) is 7.11 Å². The first-order chi connectivity index (χ1) is 8.85. The minimum absolute atomic E-state index is 0.154. The fraction of sp³-hybridized carbons (Fsp3) is 0.714. The van der Waals surface area contributed by atoms with Crippen molar-refractivity contribution in [2.75, 3.05) is 20.3 Å². The van der Waals surface area contributed by atoms with Crippen molar-refractivity contribution in [2.24, 2.45) is 0 Å². The summed E-state index contributed by atoms with van der Waals surface area (Å²) in [6.45, 7) is 4.39. The molecule has 1 aromatic heterocycles. The van der Waals surface area contributed by atoms with Crippen LogP contribution in [0, 0.1) is 0 Å². The van der Waals surface area contributed by atoms with Crippen molar-refractivity contribution in [1.29, 1.82) is 0 Å². The molecular weight excluding hydrogens is 230 g/mol. The molecular formula is C14H23NO3. The first-order valence-corrected chi connectivity index (χ1v) is 6.77. The zero-order chi connectivity index (χ0) is 12.8. The molecule has 4 heteroatoms. The van der Waals surface area contributed by atoms with Crippen LogP contribution in [0.25, 0.3) is 0 Å². The third kappa shape index (κ3) is 3.34. The van der Waals surface area contributed by atoms with Gasteiger partial charge in [-0.1, -0.05) is 6.92 Å². The van der Waals surface area contributed by atoms with Gasteiger partial charge in [-0.05, 0) is 37.9 Å². The number of furan rings is 1. The molecule has 1 saturated heterocycles. The maximum absolute atomic E-state index is 5.86. The highest BCUT2D eigenvalue weighted by Crippen LogP contribution is 2.27. The SMILES string of the molecule is CCNC(c1ccc(COC)o1)C1CCCCO1. The third-order valence-electron chi connectivity index (χ3n) is 3.29. The van der Waals surface area contributed by atoms with Crippen LogP contribution in [0.15, 0.2) is 16.5 Å². The quantitative estimate of drug-likeness (QED) is 0.846. The molecule has 1 aliphatic rings. The summed E-state index contributed by atoms with van der Waals surface area (Å²) in [5.74, 6) is 1.82. The van der Waals surface area contributed by atoms with Crippen molar-refractivity contribution in [3.63, 3.8) is 0 Å². The maximum atomic E-state index is 5.86. The van der Waals surface area contributed by atoms with Crippen molar-refractivity contribution in [3.05, 3.63) is 23.7 Å². The van der Waals surface area contributed by atoms with E-state index in [2.05, 4.69) is 12.2 Å². The van der Waals surface area contributed by atoms with Crippen molar-refractivity contribution >= 4 is 0 Å². The van der Waals surface area contributed by atoms with Crippen molar-refractivity contribution in [2.45, 2.75) is 44.9 Å². The normalized spacial score (nSPS) is 22.0. The highest BCUT2D eigenvalue weighted by molar-refractivity contribution is 5.12. The summed E-state index contributed by atoms with van der Waals surface area (Å²) in [7, 11) is 1.67. The molecule has 1 aliphatic heterocycles. The molecule has 1 N–H and O–H groups in total. The van der Waals surface area contributed by atoms with Gasteiger partial charge >= 0.3 is 0 Å². The minimum Gasteiger partial charge on any atom is -0.462 e. The first-order valence-electron chi connectivity index (χ1n) is 6.77. The summed E-state index contributed by atoms with van der Waals surface area (Å²) in [5.41, 5.74) is 0. The molecule has 0 aliphatic carbocycles. The lowest BCUT2D eigenvalue weighted by molar-refractivity contribution is -0.0127. The summed E-state index contributed by atoms with van der Waals surface area (Å²) >= 11 is 0. The van der Waals surface area contributed by atoms with Crippen molar-refractivity contribution in [3.8, 4) is 0 Å². The Morgan fingerprint density at radius 3 is 3.00 bits per heavy atom. The van der Waals surface area contributed by atoms with Gasteiger partial charge in [-0.25, -0.2) is 0 Å². The predicted molar refractivity (Wildman–Crippen MR) is 69.4 cm³/mol. The van der Waals surface area contributed by atoms with E-state index in [9.17, 15) is 0 Å². The highest BCUT2D eigenvalue weighted by Gasteiger charge is 2.27. The number of hydrogen-bond acceptors (Lipinski definition) is 4. The standard InChI is InChI=1S/C14H23NO3/c1-3-15-14(12-6-4-5-9-17-12)13-8-7-11(18-13)10-16-2/h7-8,12,14-15H,3-6,9-10H2,1-2H3. The fourth-order valence-electron chi connectivity index (χ4n) is 2.45. The second-order valence-electron chi connectivity index (χ2n) is 4.68. The van der Waals surface area contributed by atoms with Crippen LogP contribution in [0.5, 0.6) is 0 Å². The zero-order valence-corrected chi connectivity index (χ0v) is 11.3. The van der Waals surface area contributed by atoms with Crippen LogP contribution in [-0.2, 0) is 16.1 Å². The first kappa shape index (κ1) is 13.6. The van der Waals surface area contributed by atoms with E-state index >= 15 is 0 Å². The lowest BCUT2D eigenvalue weighted by atomic mass is 10.00. The summed E-state index contributed by atoms with van der Waals surface area (Å²) in [6, 6.07) is 4.16. The number of hydrogen-bond donors (Lipinski definition) is 1. The molecule has 2 atom stereocenters. The molecule has 0 bridgehead atoms. The Bertz CT molecular complexity index is 345. The Balaban J connectivity index is 2.06. The average molecular weight is 253 g/mol. The number of ether oxygens (including phenoxy) is 2. The van der Waals surface area contributed by atoms with E-state index < -0.39 is 0 Å². The second-order valence-corrected chi connectivity index (χ2v) is 4.68. The molecule has 2 rings (SSSR count). The van der Waals surface area contributed by atoms with Gasteiger partial charge in [0.1, 0.15) is 18.1 Å². The maximum Gasteiger partial charge on any atom is 0.129 e. The smallest absolute Gasteiger partial charge is 0.129 e. The second kappa shape index (κ2) is 6.92.